The monoisotopic (exact) mass is 361 g/mol. The summed E-state index contributed by atoms with van der Waals surface area (Å²) in [4.78, 5) is 24.9. The second kappa shape index (κ2) is 8.08. The highest BCUT2D eigenvalue weighted by Crippen LogP contribution is 2.23. The Kier molecular flexibility index (Phi) is 6.08. The molecule has 138 valence electrons. The largest absolute Gasteiger partial charge is 0.424 e. The van der Waals surface area contributed by atoms with Crippen molar-refractivity contribution in [3.8, 4) is 5.75 Å². The second-order valence-corrected chi connectivity index (χ2v) is 6.43. The fourth-order valence-electron chi connectivity index (χ4n) is 2.55. The lowest BCUT2D eigenvalue weighted by atomic mass is 10.0. The Labute approximate surface area is 151 Å². The quantitative estimate of drug-likeness (QED) is 0.648. The summed E-state index contributed by atoms with van der Waals surface area (Å²) < 4.78 is 33.0. The molecule has 2 aromatic carbocycles. The number of carbonyl (C=O) groups is 2. The molecule has 0 aromatic heterocycles. The lowest BCUT2D eigenvalue weighted by Gasteiger charge is -2.22. The Balaban J connectivity index is 2.23. The van der Waals surface area contributed by atoms with Crippen molar-refractivity contribution >= 4 is 11.9 Å². The van der Waals surface area contributed by atoms with Crippen molar-refractivity contribution in [3.05, 3.63) is 64.7 Å². The Morgan fingerprint density at radius 2 is 1.46 bits per heavy atom. The Morgan fingerprint density at radius 3 is 1.96 bits per heavy atom. The summed E-state index contributed by atoms with van der Waals surface area (Å²) in [5.41, 5.74) is 0.817. The van der Waals surface area contributed by atoms with Gasteiger partial charge >= 0.3 is 5.97 Å². The van der Waals surface area contributed by atoms with Gasteiger partial charge in [0.2, 0.25) is 0 Å². The van der Waals surface area contributed by atoms with Gasteiger partial charge < -0.3 is 10.1 Å². The molecule has 0 unspecified atom stereocenters. The molecule has 26 heavy (non-hydrogen) atoms. The minimum absolute atomic E-state index is 0.342. The molecule has 0 saturated carbocycles. The van der Waals surface area contributed by atoms with Crippen LogP contribution in [0.4, 0.5) is 8.78 Å². The number of amides is 1. The molecule has 1 N–H and O–H groups in total. The number of rotatable bonds is 5. The first-order chi connectivity index (χ1) is 12.2. The van der Waals surface area contributed by atoms with Crippen molar-refractivity contribution in [1.29, 1.82) is 0 Å². The highest BCUT2D eigenvalue weighted by molar-refractivity contribution is 5.97. The molecule has 1 atom stereocenters. The van der Waals surface area contributed by atoms with Crippen LogP contribution < -0.4 is 10.1 Å². The van der Waals surface area contributed by atoms with E-state index in [-0.39, 0.29) is 5.92 Å². The Morgan fingerprint density at radius 1 is 0.962 bits per heavy atom. The third-order valence-corrected chi connectivity index (χ3v) is 4.01. The van der Waals surface area contributed by atoms with E-state index in [4.69, 9.17) is 4.74 Å². The first-order valence-electron chi connectivity index (χ1n) is 8.25. The van der Waals surface area contributed by atoms with Crippen molar-refractivity contribution in [3.63, 3.8) is 0 Å². The number of carbonyl (C=O) groups excluding carboxylic acids is 2. The first kappa shape index (κ1) is 19.6. The molecule has 0 aliphatic rings. The van der Waals surface area contributed by atoms with Gasteiger partial charge in [-0.1, -0.05) is 38.1 Å². The maximum absolute atomic E-state index is 13.8. The van der Waals surface area contributed by atoms with E-state index in [0.717, 1.165) is 29.3 Å². The maximum Gasteiger partial charge on any atom is 0.334 e. The predicted octanol–water partition coefficient (Wildman–Crippen LogP) is 3.94. The van der Waals surface area contributed by atoms with Gasteiger partial charge in [-0.15, -0.1) is 0 Å². The fraction of sp³-hybridized carbons (Fsp3) is 0.300. The van der Waals surface area contributed by atoms with Crippen LogP contribution in [0.3, 0.4) is 0 Å². The van der Waals surface area contributed by atoms with E-state index < -0.39 is 35.1 Å². The normalized spacial score (nSPS) is 12.0. The number of aryl methyl sites for hydroxylation is 2. The molecule has 0 saturated heterocycles. The molecule has 2 aromatic rings. The van der Waals surface area contributed by atoms with Gasteiger partial charge in [0, 0.05) is 0 Å². The molecule has 1 amide bonds. The number of ether oxygens (including phenoxy) is 1. The van der Waals surface area contributed by atoms with Crippen molar-refractivity contribution < 1.29 is 23.1 Å². The number of hydrogen-bond donors (Lipinski definition) is 1. The molecule has 0 aliphatic heterocycles. The van der Waals surface area contributed by atoms with Crippen LogP contribution >= 0.6 is 0 Å². The Hall–Kier alpha value is -2.76. The summed E-state index contributed by atoms with van der Waals surface area (Å²) >= 11 is 0. The first-order valence-corrected chi connectivity index (χ1v) is 8.25. The molecule has 0 radical (unpaired) electrons. The van der Waals surface area contributed by atoms with Crippen molar-refractivity contribution in [1.82, 2.24) is 5.32 Å². The maximum atomic E-state index is 13.8. The van der Waals surface area contributed by atoms with Crippen LogP contribution in [0.1, 0.15) is 35.3 Å². The molecule has 0 fully saturated rings. The van der Waals surface area contributed by atoms with Crippen LogP contribution in [0.15, 0.2) is 36.4 Å². The van der Waals surface area contributed by atoms with Gasteiger partial charge in [0.15, 0.2) is 0 Å². The van der Waals surface area contributed by atoms with Gasteiger partial charge in [0.05, 0.1) is 0 Å². The van der Waals surface area contributed by atoms with Gasteiger partial charge in [-0.25, -0.2) is 13.6 Å². The fourth-order valence-corrected chi connectivity index (χ4v) is 2.55. The average Bonchev–Trinajstić information content (AvgIpc) is 2.55. The zero-order valence-electron chi connectivity index (χ0n) is 15.1. The highest BCUT2D eigenvalue weighted by atomic mass is 19.1. The molecular formula is C20H21F2NO3. The van der Waals surface area contributed by atoms with Crippen molar-refractivity contribution in [2.24, 2.45) is 5.92 Å². The number of para-hydroxylation sites is 1. The Bertz CT molecular complexity index is 793. The zero-order valence-corrected chi connectivity index (χ0v) is 15.1. The van der Waals surface area contributed by atoms with E-state index in [0.29, 0.717) is 5.75 Å². The lowest BCUT2D eigenvalue weighted by Crippen LogP contribution is -2.47. The number of halogens is 2. The van der Waals surface area contributed by atoms with Crippen molar-refractivity contribution in [2.75, 3.05) is 0 Å². The van der Waals surface area contributed by atoms with Gasteiger partial charge in [0.25, 0.3) is 5.91 Å². The van der Waals surface area contributed by atoms with E-state index >= 15 is 0 Å². The third kappa shape index (κ3) is 4.25. The zero-order chi connectivity index (χ0) is 19.4. The lowest BCUT2D eigenvalue weighted by molar-refractivity contribution is -0.137. The smallest absolute Gasteiger partial charge is 0.334 e. The number of benzene rings is 2. The molecule has 4 nitrogen and oxygen atoms in total. The van der Waals surface area contributed by atoms with Gasteiger partial charge in [0.1, 0.15) is 29.0 Å². The molecule has 6 heteroatoms. The molecule has 0 heterocycles. The summed E-state index contributed by atoms with van der Waals surface area (Å²) in [6.45, 7) is 7.00. The second-order valence-electron chi connectivity index (χ2n) is 6.43. The molecule has 0 aliphatic carbocycles. The van der Waals surface area contributed by atoms with Crippen molar-refractivity contribution in [2.45, 2.75) is 33.7 Å². The van der Waals surface area contributed by atoms with Crippen LogP contribution in [0.2, 0.25) is 0 Å². The SMILES string of the molecule is Cc1cccc(C)c1OC(=O)[C@H](NC(=O)c1c(F)cccc1F)C(C)C. The van der Waals surface area contributed by atoms with E-state index in [1.54, 1.807) is 39.8 Å². The van der Waals surface area contributed by atoms with Gasteiger partial charge in [-0.3, -0.25) is 4.79 Å². The van der Waals surface area contributed by atoms with Crippen LogP contribution in [0.5, 0.6) is 5.75 Å². The van der Waals surface area contributed by atoms with E-state index in [1.165, 1.54) is 0 Å². The van der Waals surface area contributed by atoms with E-state index in [2.05, 4.69) is 5.32 Å². The predicted molar refractivity (Wildman–Crippen MR) is 94.0 cm³/mol. The van der Waals surface area contributed by atoms with Crippen LogP contribution in [0.25, 0.3) is 0 Å². The van der Waals surface area contributed by atoms with Gasteiger partial charge in [-0.2, -0.15) is 0 Å². The minimum atomic E-state index is -1.06. The summed E-state index contributed by atoms with van der Waals surface area (Å²) in [5.74, 6) is -3.61. The highest BCUT2D eigenvalue weighted by Gasteiger charge is 2.29. The standard InChI is InChI=1S/C20H21F2NO3/c1-11(2)17(20(25)26-18-12(3)7-5-8-13(18)4)23-19(24)16-14(21)9-6-10-15(16)22/h5-11,17H,1-4H3,(H,23,24)/t17-/m1/s1. The number of nitrogens with one attached hydrogen (secondary N) is 1. The van der Waals surface area contributed by atoms with Crippen LogP contribution in [0, 0.1) is 31.4 Å². The summed E-state index contributed by atoms with van der Waals surface area (Å²) in [5, 5.41) is 2.38. The molecule has 0 spiro atoms. The average molecular weight is 361 g/mol. The van der Waals surface area contributed by atoms with Gasteiger partial charge in [-0.05, 0) is 43.0 Å². The summed E-state index contributed by atoms with van der Waals surface area (Å²) in [6.07, 6.45) is 0. The molecule has 2 rings (SSSR count). The van der Waals surface area contributed by atoms with Crippen LogP contribution in [-0.2, 0) is 4.79 Å². The molecule has 0 bridgehead atoms. The van der Waals surface area contributed by atoms with Crippen LogP contribution in [-0.4, -0.2) is 17.9 Å². The number of esters is 1. The number of hydrogen-bond acceptors (Lipinski definition) is 3. The van der Waals surface area contributed by atoms with E-state index in [1.807, 2.05) is 6.07 Å². The summed E-state index contributed by atoms with van der Waals surface area (Å²) in [6, 6.07) is 7.51. The van der Waals surface area contributed by atoms with E-state index in [9.17, 15) is 18.4 Å². The molecular weight excluding hydrogens is 340 g/mol. The summed E-state index contributed by atoms with van der Waals surface area (Å²) in [7, 11) is 0. The topological polar surface area (TPSA) is 55.4 Å². The third-order valence-electron chi connectivity index (χ3n) is 4.01. The minimum Gasteiger partial charge on any atom is -0.424 e.